The zero-order chi connectivity index (χ0) is 13.7. The van der Waals surface area contributed by atoms with E-state index in [4.69, 9.17) is 9.47 Å². The van der Waals surface area contributed by atoms with Gasteiger partial charge in [0, 0.05) is 10.0 Å². The van der Waals surface area contributed by atoms with Gasteiger partial charge in [0.05, 0.1) is 0 Å². The number of esters is 2. The Morgan fingerprint density at radius 3 is 2.33 bits per heavy atom. The van der Waals surface area contributed by atoms with Crippen LogP contribution in [0.25, 0.3) is 0 Å². The van der Waals surface area contributed by atoms with Crippen LogP contribution in [0.5, 0.6) is 5.75 Å². The van der Waals surface area contributed by atoms with Crippen molar-refractivity contribution in [2.24, 2.45) is 0 Å². The second kappa shape index (κ2) is 6.35. The lowest BCUT2D eigenvalue weighted by Gasteiger charge is -2.12. The van der Waals surface area contributed by atoms with Crippen molar-refractivity contribution >= 4 is 27.9 Å². The molecular formula is C13H13BrO4. The summed E-state index contributed by atoms with van der Waals surface area (Å²) in [5.74, 6) is -0.858. The molecule has 1 aromatic rings. The van der Waals surface area contributed by atoms with Crippen LogP contribution < -0.4 is 4.74 Å². The van der Waals surface area contributed by atoms with Crippen LogP contribution in [0.3, 0.4) is 0 Å². The van der Waals surface area contributed by atoms with Crippen molar-refractivity contribution in [2.45, 2.75) is 20.0 Å². The molecule has 1 aromatic carbocycles. The largest absolute Gasteiger partial charge is 0.447 e. The number of ether oxygens (including phenoxy) is 2. The molecule has 0 saturated carbocycles. The molecule has 0 N–H and O–H groups in total. The quantitative estimate of drug-likeness (QED) is 0.487. The minimum absolute atomic E-state index is 0.235. The molecule has 96 valence electrons. The molecule has 0 bridgehead atoms. The number of benzene rings is 1. The fraction of sp³-hybridized carbons (Fsp3) is 0.231. The SMILES string of the molecule is C=C(C)C(=O)OC(C)C(=O)Oc1ccc(Br)cc1. The smallest absolute Gasteiger partial charge is 0.352 e. The second-order valence-electron chi connectivity index (χ2n) is 3.70. The molecule has 1 rings (SSSR count). The first kappa shape index (κ1) is 14.4. The first-order chi connectivity index (χ1) is 8.40. The molecule has 18 heavy (non-hydrogen) atoms. The molecule has 0 heterocycles. The molecule has 0 saturated heterocycles. The van der Waals surface area contributed by atoms with Crippen molar-refractivity contribution in [3.63, 3.8) is 0 Å². The van der Waals surface area contributed by atoms with E-state index >= 15 is 0 Å². The summed E-state index contributed by atoms with van der Waals surface area (Å²) in [6.07, 6.45) is -0.974. The molecule has 0 aromatic heterocycles. The third kappa shape index (κ3) is 4.33. The minimum Gasteiger partial charge on any atom is -0.447 e. The number of hydrogen-bond donors (Lipinski definition) is 0. The Kier molecular flexibility index (Phi) is 5.09. The molecule has 1 atom stereocenters. The molecule has 5 heteroatoms. The van der Waals surface area contributed by atoms with Crippen molar-refractivity contribution in [3.8, 4) is 5.75 Å². The van der Waals surface area contributed by atoms with E-state index in [-0.39, 0.29) is 5.57 Å². The van der Waals surface area contributed by atoms with Crippen molar-refractivity contribution in [3.05, 3.63) is 40.9 Å². The Morgan fingerprint density at radius 1 is 1.28 bits per heavy atom. The predicted octanol–water partition coefficient (Wildman–Crippen LogP) is 2.86. The summed E-state index contributed by atoms with van der Waals surface area (Å²) in [5, 5.41) is 0. The third-order valence-electron chi connectivity index (χ3n) is 2.00. The minimum atomic E-state index is -0.974. The molecule has 0 fully saturated rings. The summed E-state index contributed by atoms with van der Waals surface area (Å²) in [6.45, 7) is 6.38. The molecule has 0 aliphatic rings. The van der Waals surface area contributed by atoms with Crippen LogP contribution in [-0.2, 0) is 14.3 Å². The van der Waals surface area contributed by atoms with Crippen LogP contribution in [0.1, 0.15) is 13.8 Å². The molecule has 0 spiro atoms. The van der Waals surface area contributed by atoms with E-state index < -0.39 is 18.0 Å². The van der Waals surface area contributed by atoms with Gasteiger partial charge in [-0.05, 0) is 38.1 Å². The van der Waals surface area contributed by atoms with E-state index in [1.165, 1.54) is 13.8 Å². The summed E-state index contributed by atoms with van der Waals surface area (Å²) in [7, 11) is 0. The number of carbonyl (C=O) groups is 2. The Hall–Kier alpha value is -1.62. The van der Waals surface area contributed by atoms with Crippen LogP contribution >= 0.6 is 15.9 Å². The molecule has 0 radical (unpaired) electrons. The van der Waals surface area contributed by atoms with Gasteiger partial charge in [0.1, 0.15) is 5.75 Å². The topological polar surface area (TPSA) is 52.6 Å². The summed E-state index contributed by atoms with van der Waals surface area (Å²) < 4.78 is 10.8. The van der Waals surface area contributed by atoms with E-state index in [0.29, 0.717) is 5.75 Å². The first-order valence-corrected chi connectivity index (χ1v) is 6.03. The van der Waals surface area contributed by atoms with Crippen LogP contribution in [0, 0.1) is 0 Å². The first-order valence-electron chi connectivity index (χ1n) is 5.24. The zero-order valence-electron chi connectivity index (χ0n) is 10.1. The van der Waals surface area contributed by atoms with Gasteiger partial charge in [-0.15, -0.1) is 0 Å². The second-order valence-corrected chi connectivity index (χ2v) is 4.62. The van der Waals surface area contributed by atoms with Crippen LogP contribution in [-0.4, -0.2) is 18.0 Å². The maximum Gasteiger partial charge on any atom is 0.352 e. The Labute approximate surface area is 114 Å². The molecule has 0 aliphatic carbocycles. The lowest BCUT2D eigenvalue weighted by molar-refractivity contribution is -0.158. The van der Waals surface area contributed by atoms with E-state index in [1.54, 1.807) is 24.3 Å². The Morgan fingerprint density at radius 2 is 1.83 bits per heavy atom. The Balaban J connectivity index is 2.57. The molecule has 1 unspecified atom stereocenters. The van der Waals surface area contributed by atoms with Crippen LogP contribution in [0.2, 0.25) is 0 Å². The van der Waals surface area contributed by atoms with Gasteiger partial charge in [0.2, 0.25) is 0 Å². The fourth-order valence-corrected chi connectivity index (χ4v) is 1.28. The molecule has 0 aliphatic heterocycles. The van der Waals surface area contributed by atoms with Gasteiger partial charge in [0.25, 0.3) is 0 Å². The van der Waals surface area contributed by atoms with Crippen molar-refractivity contribution < 1.29 is 19.1 Å². The summed E-state index contributed by atoms with van der Waals surface area (Å²) in [5.41, 5.74) is 0.235. The zero-order valence-corrected chi connectivity index (χ0v) is 11.7. The third-order valence-corrected chi connectivity index (χ3v) is 2.52. The van der Waals surface area contributed by atoms with E-state index in [0.717, 1.165) is 4.47 Å². The van der Waals surface area contributed by atoms with Crippen molar-refractivity contribution in [1.82, 2.24) is 0 Å². The highest BCUT2D eigenvalue weighted by Crippen LogP contribution is 2.16. The molecule has 4 nitrogen and oxygen atoms in total. The van der Waals surface area contributed by atoms with Gasteiger partial charge in [-0.1, -0.05) is 22.5 Å². The van der Waals surface area contributed by atoms with Crippen LogP contribution in [0.15, 0.2) is 40.9 Å². The summed E-state index contributed by atoms with van der Waals surface area (Å²) in [4.78, 5) is 22.8. The number of carbonyl (C=O) groups excluding carboxylic acids is 2. The number of rotatable bonds is 4. The maximum absolute atomic E-state index is 11.6. The van der Waals surface area contributed by atoms with Gasteiger partial charge in [-0.3, -0.25) is 0 Å². The fourth-order valence-electron chi connectivity index (χ4n) is 1.01. The normalized spacial score (nSPS) is 11.5. The van der Waals surface area contributed by atoms with E-state index in [2.05, 4.69) is 22.5 Å². The van der Waals surface area contributed by atoms with Gasteiger partial charge in [0.15, 0.2) is 6.10 Å². The van der Waals surface area contributed by atoms with E-state index in [1.807, 2.05) is 0 Å². The van der Waals surface area contributed by atoms with Gasteiger partial charge < -0.3 is 9.47 Å². The highest BCUT2D eigenvalue weighted by Gasteiger charge is 2.20. The molecule has 0 amide bonds. The van der Waals surface area contributed by atoms with Gasteiger partial charge in [-0.25, -0.2) is 9.59 Å². The standard InChI is InChI=1S/C13H13BrO4/c1-8(2)12(15)17-9(3)13(16)18-11-6-4-10(14)5-7-11/h4-7,9H,1H2,2-3H3. The highest BCUT2D eigenvalue weighted by atomic mass is 79.9. The molecular weight excluding hydrogens is 300 g/mol. The Bertz CT molecular complexity index is 464. The maximum atomic E-state index is 11.6. The van der Waals surface area contributed by atoms with Gasteiger partial charge in [-0.2, -0.15) is 0 Å². The van der Waals surface area contributed by atoms with E-state index in [9.17, 15) is 9.59 Å². The predicted molar refractivity (Wildman–Crippen MR) is 70.1 cm³/mol. The van der Waals surface area contributed by atoms with Crippen molar-refractivity contribution in [2.75, 3.05) is 0 Å². The average molecular weight is 313 g/mol. The van der Waals surface area contributed by atoms with Crippen LogP contribution in [0.4, 0.5) is 0 Å². The lowest BCUT2D eigenvalue weighted by Crippen LogP contribution is -2.28. The highest BCUT2D eigenvalue weighted by molar-refractivity contribution is 9.10. The number of halogens is 1. The van der Waals surface area contributed by atoms with Gasteiger partial charge >= 0.3 is 11.9 Å². The summed E-state index contributed by atoms with van der Waals surface area (Å²) >= 11 is 3.27. The average Bonchev–Trinajstić information content (AvgIpc) is 2.31. The number of hydrogen-bond acceptors (Lipinski definition) is 4. The monoisotopic (exact) mass is 312 g/mol. The van der Waals surface area contributed by atoms with Crippen molar-refractivity contribution in [1.29, 1.82) is 0 Å². The summed E-state index contributed by atoms with van der Waals surface area (Å²) in [6, 6.07) is 6.75. The lowest BCUT2D eigenvalue weighted by atomic mass is 10.3.